The fourth-order valence-electron chi connectivity index (χ4n) is 3.93. The topological polar surface area (TPSA) is 106 Å². The van der Waals surface area contributed by atoms with Gasteiger partial charge in [0.1, 0.15) is 27.9 Å². The van der Waals surface area contributed by atoms with Gasteiger partial charge >= 0.3 is 5.97 Å². The lowest BCUT2D eigenvalue weighted by atomic mass is 9.98. The van der Waals surface area contributed by atoms with Gasteiger partial charge in [-0.2, -0.15) is 0 Å². The SMILES string of the molecule is CCOC(=O)C(=CNc1cc(NCc2ccc(OC)cc2OC)c(F)cc1CO)C(=O)c1c(C)c(F)c(F)c(Cl)c1F. The minimum Gasteiger partial charge on any atom is -0.497 e. The molecule has 0 aliphatic carbocycles. The van der Waals surface area contributed by atoms with E-state index in [0.717, 1.165) is 19.2 Å². The Morgan fingerprint density at radius 1 is 0.976 bits per heavy atom. The molecular formula is C29H27ClF4N2O6. The highest BCUT2D eigenvalue weighted by atomic mass is 35.5. The van der Waals surface area contributed by atoms with Crippen molar-refractivity contribution >= 4 is 34.7 Å². The Kier molecular flexibility index (Phi) is 10.8. The Morgan fingerprint density at radius 2 is 1.69 bits per heavy atom. The summed E-state index contributed by atoms with van der Waals surface area (Å²) in [5.41, 5.74) is -1.77. The zero-order valence-corrected chi connectivity index (χ0v) is 23.7. The number of Topliss-reactive ketones (excluding diaryl/α,β-unsaturated/α-hetero) is 1. The minimum absolute atomic E-state index is 0.0285. The molecule has 0 aliphatic heterocycles. The van der Waals surface area contributed by atoms with Gasteiger partial charge in [0.25, 0.3) is 0 Å². The molecule has 0 unspecified atom stereocenters. The van der Waals surface area contributed by atoms with Crippen LogP contribution in [0.1, 0.15) is 34.0 Å². The first-order chi connectivity index (χ1) is 20.0. The number of aliphatic hydroxyl groups excluding tert-OH is 1. The van der Waals surface area contributed by atoms with E-state index in [4.69, 9.17) is 25.8 Å². The van der Waals surface area contributed by atoms with E-state index in [1.165, 1.54) is 27.2 Å². The molecule has 0 spiro atoms. The first-order valence-electron chi connectivity index (χ1n) is 12.4. The lowest BCUT2D eigenvalue weighted by Crippen LogP contribution is -2.20. The molecule has 3 aromatic rings. The van der Waals surface area contributed by atoms with E-state index in [1.54, 1.807) is 18.2 Å². The van der Waals surface area contributed by atoms with Crippen molar-refractivity contribution in [3.63, 3.8) is 0 Å². The summed E-state index contributed by atoms with van der Waals surface area (Å²) in [4.78, 5) is 25.9. The Morgan fingerprint density at radius 3 is 2.31 bits per heavy atom. The molecule has 42 heavy (non-hydrogen) atoms. The summed E-state index contributed by atoms with van der Waals surface area (Å²) in [7, 11) is 2.97. The normalized spacial score (nSPS) is 11.2. The van der Waals surface area contributed by atoms with Crippen molar-refractivity contribution in [3.8, 4) is 11.5 Å². The van der Waals surface area contributed by atoms with Gasteiger partial charge in [-0.25, -0.2) is 22.4 Å². The van der Waals surface area contributed by atoms with Crippen LogP contribution in [-0.4, -0.2) is 37.7 Å². The number of rotatable bonds is 12. The number of aliphatic hydroxyl groups is 1. The number of carbonyl (C=O) groups is 2. The maximum atomic E-state index is 14.9. The molecule has 0 saturated carbocycles. The van der Waals surface area contributed by atoms with Crippen molar-refractivity contribution in [2.45, 2.75) is 27.0 Å². The van der Waals surface area contributed by atoms with Crippen molar-refractivity contribution in [1.29, 1.82) is 0 Å². The van der Waals surface area contributed by atoms with Gasteiger partial charge in [0.15, 0.2) is 17.5 Å². The molecule has 0 amide bonds. The van der Waals surface area contributed by atoms with Crippen LogP contribution in [0.4, 0.5) is 28.9 Å². The van der Waals surface area contributed by atoms with Gasteiger partial charge in [-0.15, -0.1) is 0 Å². The van der Waals surface area contributed by atoms with Crippen LogP contribution >= 0.6 is 11.6 Å². The summed E-state index contributed by atoms with van der Waals surface area (Å²) in [6, 6.07) is 7.35. The average molecular weight is 611 g/mol. The monoisotopic (exact) mass is 610 g/mol. The van der Waals surface area contributed by atoms with Crippen LogP contribution in [0.2, 0.25) is 5.02 Å². The third-order valence-electron chi connectivity index (χ3n) is 6.17. The molecule has 3 rings (SSSR count). The summed E-state index contributed by atoms with van der Waals surface area (Å²) < 4.78 is 73.3. The number of halogens is 5. The van der Waals surface area contributed by atoms with Crippen LogP contribution in [0.25, 0.3) is 0 Å². The second-order valence-electron chi connectivity index (χ2n) is 8.69. The minimum atomic E-state index is -1.69. The molecule has 0 atom stereocenters. The Balaban J connectivity index is 2.00. The molecule has 0 aliphatic rings. The molecule has 0 radical (unpaired) electrons. The summed E-state index contributed by atoms with van der Waals surface area (Å²) in [5.74, 6) is -7.07. The molecule has 0 heterocycles. The van der Waals surface area contributed by atoms with Crippen LogP contribution < -0.4 is 20.1 Å². The molecule has 0 saturated heterocycles. The predicted molar refractivity (Wildman–Crippen MR) is 148 cm³/mol. The second kappa shape index (κ2) is 14.1. The summed E-state index contributed by atoms with van der Waals surface area (Å²) >= 11 is 5.52. The summed E-state index contributed by atoms with van der Waals surface area (Å²) in [6.45, 7) is 1.69. The van der Waals surface area contributed by atoms with Gasteiger partial charge < -0.3 is 30.0 Å². The molecule has 0 aromatic heterocycles. The summed E-state index contributed by atoms with van der Waals surface area (Å²) in [5, 5.41) is 14.1. The average Bonchev–Trinajstić information content (AvgIpc) is 2.98. The number of esters is 1. The van der Waals surface area contributed by atoms with Gasteiger partial charge in [0.05, 0.1) is 38.7 Å². The van der Waals surface area contributed by atoms with Crippen LogP contribution in [0.3, 0.4) is 0 Å². The lowest BCUT2D eigenvalue weighted by Gasteiger charge is -2.16. The lowest BCUT2D eigenvalue weighted by molar-refractivity contribution is -0.138. The standard InChI is InChI=1S/C29H27ClF4N2O6/c1-5-42-29(39)18(28(38)23-14(2)25(32)27(34)24(30)26(23)33)12-36-20-10-21(19(31)8-16(20)13-37)35-11-15-6-7-17(40-3)9-22(15)41-4/h6-10,12,35-37H,5,11,13H2,1-4H3. The van der Waals surface area contributed by atoms with Crippen LogP contribution in [-0.2, 0) is 22.7 Å². The third kappa shape index (κ3) is 6.77. The molecule has 8 nitrogen and oxygen atoms in total. The van der Waals surface area contributed by atoms with Gasteiger partial charge in [-0.3, -0.25) is 4.79 Å². The number of ketones is 1. The highest BCUT2D eigenvalue weighted by Gasteiger charge is 2.31. The van der Waals surface area contributed by atoms with Gasteiger partial charge in [0, 0.05) is 41.2 Å². The highest BCUT2D eigenvalue weighted by molar-refractivity contribution is 6.32. The molecule has 0 bridgehead atoms. The maximum absolute atomic E-state index is 14.9. The van der Waals surface area contributed by atoms with Crippen molar-refractivity contribution in [2.24, 2.45) is 0 Å². The van der Waals surface area contributed by atoms with E-state index in [-0.39, 0.29) is 30.1 Å². The summed E-state index contributed by atoms with van der Waals surface area (Å²) in [6.07, 6.45) is 0.830. The van der Waals surface area contributed by atoms with Crippen LogP contribution in [0.15, 0.2) is 42.1 Å². The van der Waals surface area contributed by atoms with Crippen molar-refractivity contribution in [3.05, 3.63) is 92.7 Å². The largest absolute Gasteiger partial charge is 0.497 e. The predicted octanol–water partition coefficient (Wildman–Crippen LogP) is 6.07. The second-order valence-corrected chi connectivity index (χ2v) is 9.06. The van der Waals surface area contributed by atoms with Crippen LogP contribution in [0.5, 0.6) is 11.5 Å². The van der Waals surface area contributed by atoms with E-state index >= 15 is 0 Å². The number of hydrogen-bond acceptors (Lipinski definition) is 8. The number of nitrogens with one attached hydrogen (secondary N) is 2. The first kappa shape index (κ1) is 32.2. The molecule has 13 heteroatoms. The maximum Gasteiger partial charge on any atom is 0.343 e. The zero-order chi connectivity index (χ0) is 31.1. The number of hydrogen-bond donors (Lipinski definition) is 3. The van der Waals surface area contributed by atoms with Crippen LogP contribution in [0, 0.1) is 30.2 Å². The van der Waals surface area contributed by atoms with Crippen molar-refractivity contribution < 1.29 is 46.5 Å². The van der Waals surface area contributed by atoms with E-state index in [9.17, 15) is 32.3 Å². The number of methoxy groups -OCH3 is 2. The third-order valence-corrected chi connectivity index (χ3v) is 6.50. The number of ether oxygens (including phenoxy) is 3. The molecule has 0 fully saturated rings. The fraction of sp³-hybridized carbons (Fsp3) is 0.241. The number of anilines is 2. The zero-order valence-electron chi connectivity index (χ0n) is 23.0. The molecule has 3 aromatic carbocycles. The Hall–Kier alpha value is -4.29. The van der Waals surface area contributed by atoms with Gasteiger partial charge in [0.2, 0.25) is 5.78 Å². The Bertz CT molecular complexity index is 1520. The number of benzene rings is 3. The highest BCUT2D eigenvalue weighted by Crippen LogP contribution is 2.31. The molecule has 224 valence electrons. The van der Waals surface area contributed by atoms with E-state index < -0.39 is 63.4 Å². The van der Waals surface area contributed by atoms with E-state index in [2.05, 4.69) is 10.6 Å². The van der Waals surface area contributed by atoms with E-state index in [0.29, 0.717) is 17.1 Å². The van der Waals surface area contributed by atoms with E-state index in [1.807, 2.05) is 0 Å². The quantitative estimate of drug-likeness (QED) is 0.0332. The smallest absolute Gasteiger partial charge is 0.343 e. The molecular weight excluding hydrogens is 584 g/mol. The number of carbonyl (C=O) groups excluding carboxylic acids is 2. The van der Waals surface area contributed by atoms with Gasteiger partial charge in [-0.1, -0.05) is 11.6 Å². The first-order valence-corrected chi connectivity index (χ1v) is 12.8. The van der Waals surface area contributed by atoms with Gasteiger partial charge in [-0.05, 0) is 38.1 Å². The Labute approximate surface area is 243 Å². The fourth-order valence-corrected chi connectivity index (χ4v) is 4.10. The molecule has 3 N–H and O–H groups in total. The van der Waals surface area contributed by atoms with Crippen molar-refractivity contribution in [1.82, 2.24) is 0 Å². The van der Waals surface area contributed by atoms with Crippen molar-refractivity contribution in [2.75, 3.05) is 31.5 Å².